The lowest BCUT2D eigenvalue weighted by Crippen LogP contribution is -2.23. The van der Waals surface area contributed by atoms with Crippen LogP contribution in [0.5, 0.6) is 0 Å². The van der Waals surface area contributed by atoms with Gasteiger partial charge < -0.3 is 15.8 Å². The molecule has 1 heterocycles. The van der Waals surface area contributed by atoms with E-state index in [-0.39, 0.29) is 12.1 Å². The maximum atomic E-state index is 10.0. The van der Waals surface area contributed by atoms with Gasteiger partial charge in [-0.15, -0.1) is 0 Å². The van der Waals surface area contributed by atoms with Crippen molar-refractivity contribution in [1.29, 1.82) is 0 Å². The van der Waals surface area contributed by atoms with Gasteiger partial charge >= 0.3 is 0 Å². The standard InChI is InChI=1S/C5H10N2O/c6-4-1-5(3-8)7-2-4/h3-5,7H,1-2,6H2/t4-,5+/m1/s1. The maximum Gasteiger partial charge on any atom is 0.136 e. The van der Waals surface area contributed by atoms with Crippen LogP contribution in [0.15, 0.2) is 0 Å². The first kappa shape index (κ1) is 5.72. The Morgan fingerprint density at radius 2 is 2.50 bits per heavy atom. The average molecular weight is 114 g/mol. The SMILES string of the molecule is N[C@H]1CN[C@H](C=O)C1. The summed E-state index contributed by atoms with van der Waals surface area (Å²) in [7, 11) is 0. The number of aldehydes is 1. The predicted molar refractivity (Wildman–Crippen MR) is 30.4 cm³/mol. The first-order chi connectivity index (χ1) is 3.83. The summed E-state index contributed by atoms with van der Waals surface area (Å²) in [5.74, 6) is 0. The molecule has 0 radical (unpaired) electrons. The number of carbonyl (C=O) groups excluding carboxylic acids is 1. The molecule has 1 aliphatic heterocycles. The van der Waals surface area contributed by atoms with Crippen molar-refractivity contribution >= 4 is 6.29 Å². The number of nitrogens with two attached hydrogens (primary N) is 1. The van der Waals surface area contributed by atoms with Crippen LogP contribution in [0, 0.1) is 0 Å². The molecule has 0 aromatic heterocycles. The highest BCUT2D eigenvalue weighted by molar-refractivity contribution is 5.58. The molecule has 3 heteroatoms. The van der Waals surface area contributed by atoms with Gasteiger partial charge in [0.1, 0.15) is 6.29 Å². The minimum Gasteiger partial charge on any atom is -0.326 e. The third kappa shape index (κ3) is 1.05. The third-order valence-corrected chi connectivity index (χ3v) is 1.36. The van der Waals surface area contributed by atoms with Crippen molar-refractivity contribution < 1.29 is 4.79 Å². The largest absolute Gasteiger partial charge is 0.326 e. The van der Waals surface area contributed by atoms with E-state index in [9.17, 15) is 4.79 Å². The van der Waals surface area contributed by atoms with Gasteiger partial charge in [-0.2, -0.15) is 0 Å². The van der Waals surface area contributed by atoms with Crippen LogP contribution in [0.2, 0.25) is 0 Å². The van der Waals surface area contributed by atoms with Gasteiger partial charge in [-0.3, -0.25) is 0 Å². The molecule has 0 bridgehead atoms. The number of hydrogen-bond donors (Lipinski definition) is 2. The van der Waals surface area contributed by atoms with Crippen LogP contribution in [-0.4, -0.2) is 24.9 Å². The Morgan fingerprint density at radius 1 is 1.75 bits per heavy atom. The number of hydrogen-bond acceptors (Lipinski definition) is 3. The fraction of sp³-hybridized carbons (Fsp3) is 0.800. The van der Waals surface area contributed by atoms with Gasteiger partial charge in [0.2, 0.25) is 0 Å². The minimum atomic E-state index is 0.0185. The summed E-state index contributed by atoms with van der Waals surface area (Å²) < 4.78 is 0. The molecule has 0 aromatic carbocycles. The molecular weight excluding hydrogens is 104 g/mol. The first-order valence-electron chi connectivity index (χ1n) is 2.77. The number of rotatable bonds is 1. The van der Waals surface area contributed by atoms with Crippen molar-refractivity contribution in [3.63, 3.8) is 0 Å². The van der Waals surface area contributed by atoms with E-state index in [0.717, 1.165) is 19.3 Å². The summed E-state index contributed by atoms with van der Waals surface area (Å²) in [6.07, 6.45) is 1.70. The molecule has 0 unspecified atom stereocenters. The summed E-state index contributed by atoms with van der Waals surface area (Å²) >= 11 is 0. The highest BCUT2D eigenvalue weighted by atomic mass is 16.1. The average Bonchev–Trinajstić information content (AvgIpc) is 2.14. The zero-order valence-corrected chi connectivity index (χ0v) is 4.63. The molecule has 3 N–H and O–H groups in total. The molecule has 1 saturated heterocycles. The minimum absolute atomic E-state index is 0.0185. The normalized spacial score (nSPS) is 37.6. The Balaban J connectivity index is 2.32. The number of nitrogens with one attached hydrogen (secondary N) is 1. The summed E-state index contributed by atoms with van der Waals surface area (Å²) in [4.78, 5) is 10.0. The van der Waals surface area contributed by atoms with Crippen LogP contribution < -0.4 is 11.1 Å². The van der Waals surface area contributed by atoms with Crippen molar-refractivity contribution in [3.05, 3.63) is 0 Å². The second kappa shape index (κ2) is 2.24. The summed E-state index contributed by atoms with van der Waals surface area (Å²) in [6.45, 7) is 0.781. The molecule has 3 nitrogen and oxygen atoms in total. The predicted octanol–water partition coefficient (Wildman–Crippen LogP) is -1.13. The molecule has 0 amide bonds. The van der Waals surface area contributed by atoms with Crippen LogP contribution in [0.4, 0.5) is 0 Å². The molecule has 0 spiro atoms. The summed E-state index contributed by atoms with van der Waals surface area (Å²) in [5.41, 5.74) is 5.48. The molecule has 46 valence electrons. The lowest BCUT2D eigenvalue weighted by molar-refractivity contribution is -0.109. The zero-order valence-electron chi connectivity index (χ0n) is 4.63. The molecule has 0 saturated carbocycles. The third-order valence-electron chi connectivity index (χ3n) is 1.36. The Kier molecular flexibility index (Phi) is 1.60. The fourth-order valence-corrected chi connectivity index (χ4v) is 0.899. The Labute approximate surface area is 48.2 Å². The highest BCUT2D eigenvalue weighted by Crippen LogP contribution is 1.99. The van der Waals surface area contributed by atoms with Gasteiger partial charge in [-0.05, 0) is 6.42 Å². The van der Waals surface area contributed by atoms with E-state index < -0.39 is 0 Å². The van der Waals surface area contributed by atoms with Gasteiger partial charge in [-0.25, -0.2) is 0 Å². The van der Waals surface area contributed by atoms with Crippen LogP contribution in [0.1, 0.15) is 6.42 Å². The van der Waals surface area contributed by atoms with Crippen molar-refractivity contribution in [2.45, 2.75) is 18.5 Å². The highest BCUT2D eigenvalue weighted by Gasteiger charge is 2.19. The van der Waals surface area contributed by atoms with Gasteiger partial charge in [0.15, 0.2) is 0 Å². The van der Waals surface area contributed by atoms with E-state index in [4.69, 9.17) is 5.73 Å². The van der Waals surface area contributed by atoms with Crippen LogP contribution in [0.3, 0.4) is 0 Å². The fourth-order valence-electron chi connectivity index (χ4n) is 0.899. The zero-order chi connectivity index (χ0) is 5.98. The second-order valence-corrected chi connectivity index (χ2v) is 2.15. The van der Waals surface area contributed by atoms with Crippen LogP contribution in [0.25, 0.3) is 0 Å². The molecule has 1 rings (SSSR count). The second-order valence-electron chi connectivity index (χ2n) is 2.15. The van der Waals surface area contributed by atoms with Crippen molar-refractivity contribution in [1.82, 2.24) is 5.32 Å². The van der Waals surface area contributed by atoms with E-state index >= 15 is 0 Å². The Morgan fingerprint density at radius 3 is 2.75 bits per heavy atom. The van der Waals surface area contributed by atoms with E-state index in [1.165, 1.54) is 0 Å². The molecule has 8 heavy (non-hydrogen) atoms. The van der Waals surface area contributed by atoms with E-state index in [1.54, 1.807) is 0 Å². The lowest BCUT2D eigenvalue weighted by atomic mass is 10.2. The van der Waals surface area contributed by atoms with Crippen LogP contribution in [-0.2, 0) is 4.79 Å². The molecule has 2 atom stereocenters. The Bertz CT molecular complexity index is 94.4. The molecule has 1 aliphatic rings. The Hall–Kier alpha value is -0.410. The topological polar surface area (TPSA) is 55.1 Å². The van der Waals surface area contributed by atoms with Crippen molar-refractivity contribution in [2.75, 3.05) is 6.54 Å². The van der Waals surface area contributed by atoms with E-state index in [0.29, 0.717) is 0 Å². The molecule has 0 aliphatic carbocycles. The van der Waals surface area contributed by atoms with Gasteiger partial charge in [0, 0.05) is 12.6 Å². The van der Waals surface area contributed by atoms with E-state index in [2.05, 4.69) is 5.32 Å². The summed E-state index contributed by atoms with van der Waals surface area (Å²) in [5, 5.41) is 2.96. The smallest absolute Gasteiger partial charge is 0.136 e. The van der Waals surface area contributed by atoms with E-state index in [1.807, 2.05) is 0 Å². The van der Waals surface area contributed by atoms with Gasteiger partial charge in [0.25, 0.3) is 0 Å². The molecule has 0 aromatic rings. The first-order valence-corrected chi connectivity index (χ1v) is 2.77. The lowest BCUT2D eigenvalue weighted by Gasteiger charge is -1.95. The quantitative estimate of drug-likeness (QED) is 0.424. The van der Waals surface area contributed by atoms with Crippen molar-refractivity contribution in [3.8, 4) is 0 Å². The van der Waals surface area contributed by atoms with Crippen LogP contribution >= 0.6 is 0 Å². The maximum absolute atomic E-state index is 10.0. The van der Waals surface area contributed by atoms with Crippen molar-refractivity contribution in [2.24, 2.45) is 5.73 Å². The van der Waals surface area contributed by atoms with Gasteiger partial charge in [-0.1, -0.05) is 0 Å². The summed E-state index contributed by atoms with van der Waals surface area (Å²) in [6, 6.07) is 0.204. The monoisotopic (exact) mass is 114 g/mol. The molecular formula is C5H10N2O. The molecule has 1 fully saturated rings. The van der Waals surface area contributed by atoms with Gasteiger partial charge in [0.05, 0.1) is 6.04 Å². The number of carbonyl (C=O) groups is 1.